The molecule has 2 N–H and O–H groups in total. The van der Waals surface area contributed by atoms with E-state index in [9.17, 15) is 4.39 Å². The third-order valence-corrected chi connectivity index (χ3v) is 2.31. The van der Waals surface area contributed by atoms with Crippen LogP contribution in [0, 0.1) is 0 Å². The summed E-state index contributed by atoms with van der Waals surface area (Å²) in [5.74, 6) is -1.39. The first-order valence-corrected chi connectivity index (χ1v) is 4.51. The van der Waals surface area contributed by atoms with Gasteiger partial charge in [-0.15, -0.1) is 0 Å². The molecule has 1 aliphatic rings. The lowest BCUT2D eigenvalue weighted by atomic mass is 10.0. The molecular formula is C10H13FN2. The number of rotatable bonds is 1. The molecule has 0 spiro atoms. The van der Waals surface area contributed by atoms with Crippen LogP contribution in [0.1, 0.15) is 5.56 Å². The van der Waals surface area contributed by atoms with E-state index < -0.39 is 5.79 Å². The third kappa shape index (κ3) is 1.71. The molecule has 0 saturated carbocycles. The molecule has 3 heteroatoms. The van der Waals surface area contributed by atoms with E-state index >= 15 is 0 Å². The van der Waals surface area contributed by atoms with Crippen LogP contribution in [0.15, 0.2) is 30.3 Å². The molecule has 1 aliphatic heterocycles. The van der Waals surface area contributed by atoms with Crippen LogP contribution in [-0.4, -0.2) is 19.6 Å². The number of nitrogens with one attached hydrogen (secondary N) is 2. The van der Waals surface area contributed by atoms with Gasteiger partial charge in [-0.25, -0.2) is 4.39 Å². The standard InChI is InChI=1S/C10H13FN2/c11-10(8-12-6-7-13-10)9-4-2-1-3-5-9/h1-5,12-13H,6-8H2. The Morgan fingerprint density at radius 3 is 2.54 bits per heavy atom. The second kappa shape index (κ2) is 3.44. The highest BCUT2D eigenvalue weighted by atomic mass is 19.1. The van der Waals surface area contributed by atoms with Crippen molar-refractivity contribution < 1.29 is 4.39 Å². The molecular weight excluding hydrogens is 167 g/mol. The van der Waals surface area contributed by atoms with Crippen LogP contribution >= 0.6 is 0 Å². The van der Waals surface area contributed by atoms with E-state index in [1.807, 2.05) is 18.2 Å². The summed E-state index contributed by atoms with van der Waals surface area (Å²) >= 11 is 0. The summed E-state index contributed by atoms with van der Waals surface area (Å²) in [4.78, 5) is 0. The highest BCUT2D eigenvalue weighted by Gasteiger charge is 2.32. The van der Waals surface area contributed by atoms with Crippen molar-refractivity contribution in [1.29, 1.82) is 0 Å². The zero-order valence-electron chi connectivity index (χ0n) is 7.39. The van der Waals surface area contributed by atoms with E-state index in [-0.39, 0.29) is 0 Å². The Balaban J connectivity index is 2.23. The molecule has 70 valence electrons. The van der Waals surface area contributed by atoms with Crippen LogP contribution < -0.4 is 10.6 Å². The van der Waals surface area contributed by atoms with Gasteiger partial charge in [0.05, 0.1) is 0 Å². The third-order valence-electron chi connectivity index (χ3n) is 2.31. The summed E-state index contributed by atoms with van der Waals surface area (Å²) in [5.41, 5.74) is 0.696. The van der Waals surface area contributed by atoms with E-state index in [0.29, 0.717) is 18.7 Å². The summed E-state index contributed by atoms with van der Waals surface area (Å²) in [6.45, 7) is 1.85. The monoisotopic (exact) mass is 180 g/mol. The number of hydrogen-bond donors (Lipinski definition) is 2. The van der Waals surface area contributed by atoms with E-state index in [1.165, 1.54) is 0 Å². The van der Waals surface area contributed by atoms with Crippen LogP contribution in [0.25, 0.3) is 0 Å². The normalized spacial score (nSPS) is 28.7. The van der Waals surface area contributed by atoms with Gasteiger partial charge in [-0.05, 0) is 0 Å². The van der Waals surface area contributed by atoms with Crippen LogP contribution in [0.4, 0.5) is 4.39 Å². The van der Waals surface area contributed by atoms with E-state index in [0.717, 1.165) is 6.54 Å². The Kier molecular flexibility index (Phi) is 2.29. The van der Waals surface area contributed by atoms with Gasteiger partial charge in [-0.2, -0.15) is 0 Å². The maximum atomic E-state index is 14.1. The summed E-state index contributed by atoms with van der Waals surface area (Å²) in [5, 5.41) is 5.92. The molecule has 0 amide bonds. The molecule has 1 saturated heterocycles. The fourth-order valence-electron chi connectivity index (χ4n) is 1.58. The van der Waals surface area contributed by atoms with Gasteiger partial charge >= 0.3 is 0 Å². The first-order chi connectivity index (χ1) is 6.31. The Morgan fingerprint density at radius 2 is 1.92 bits per heavy atom. The Morgan fingerprint density at radius 1 is 1.15 bits per heavy atom. The van der Waals surface area contributed by atoms with Gasteiger partial charge in [0.2, 0.25) is 0 Å². The zero-order chi connectivity index (χ0) is 9.15. The molecule has 0 bridgehead atoms. The van der Waals surface area contributed by atoms with Crippen molar-refractivity contribution in [3.63, 3.8) is 0 Å². The summed E-state index contributed by atoms with van der Waals surface area (Å²) in [7, 11) is 0. The SMILES string of the molecule is FC1(c2ccccc2)CNCCN1. The van der Waals surface area contributed by atoms with Gasteiger partial charge in [0.15, 0.2) is 5.79 Å². The van der Waals surface area contributed by atoms with Crippen LogP contribution in [0.5, 0.6) is 0 Å². The Labute approximate surface area is 77.2 Å². The van der Waals surface area contributed by atoms with Crippen molar-refractivity contribution >= 4 is 0 Å². The van der Waals surface area contributed by atoms with Crippen molar-refractivity contribution in [2.75, 3.05) is 19.6 Å². The fraction of sp³-hybridized carbons (Fsp3) is 0.400. The lowest BCUT2D eigenvalue weighted by Crippen LogP contribution is -2.54. The number of benzene rings is 1. The predicted octanol–water partition coefficient (Wildman–Crippen LogP) is 1.00. The number of hydrogen-bond acceptors (Lipinski definition) is 2. The van der Waals surface area contributed by atoms with Crippen LogP contribution in [0.3, 0.4) is 0 Å². The van der Waals surface area contributed by atoms with Gasteiger partial charge in [0.1, 0.15) is 0 Å². The minimum Gasteiger partial charge on any atom is -0.311 e. The highest BCUT2D eigenvalue weighted by Crippen LogP contribution is 2.22. The maximum Gasteiger partial charge on any atom is 0.199 e. The first-order valence-electron chi connectivity index (χ1n) is 4.51. The minimum atomic E-state index is -1.39. The van der Waals surface area contributed by atoms with Crippen molar-refractivity contribution in [2.45, 2.75) is 5.79 Å². The van der Waals surface area contributed by atoms with Crippen molar-refractivity contribution in [3.8, 4) is 0 Å². The minimum absolute atomic E-state index is 0.344. The molecule has 0 aliphatic carbocycles. The lowest BCUT2D eigenvalue weighted by molar-refractivity contribution is 0.0928. The molecule has 1 unspecified atom stereocenters. The number of alkyl halides is 1. The summed E-state index contributed by atoms with van der Waals surface area (Å²) in [6.07, 6.45) is 0. The van der Waals surface area contributed by atoms with E-state index in [1.54, 1.807) is 12.1 Å². The Hall–Kier alpha value is -0.930. The Bertz CT molecular complexity index is 268. The van der Waals surface area contributed by atoms with Crippen LogP contribution in [-0.2, 0) is 5.79 Å². The van der Waals surface area contributed by atoms with Gasteiger partial charge in [-0.1, -0.05) is 30.3 Å². The molecule has 1 heterocycles. The zero-order valence-corrected chi connectivity index (χ0v) is 7.39. The molecule has 1 aromatic rings. The van der Waals surface area contributed by atoms with Gasteiger partial charge < -0.3 is 5.32 Å². The van der Waals surface area contributed by atoms with Crippen molar-refractivity contribution in [2.24, 2.45) is 0 Å². The average molecular weight is 180 g/mol. The topological polar surface area (TPSA) is 24.1 Å². The van der Waals surface area contributed by atoms with E-state index in [2.05, 4.69) is 10.6 Å². The average Bonchev–Trinajstić information content (AvgIpc) is 2.20. The molecule has 1 fully saturated rings. The number of halogens is 1. The van der Waals surface area contributed by atoms with Gasteiger partial charge in [-0.3, -0.25) is 5.32 Å². The number of piperazine rings is 1. The molecule has 13 heavy (non-hydrogen) atoms. The second-order valence-electron chi connectivity index (χ2n) is 3.27. The smallest absolute Gasteiger partial charge is 0.199 e. The molecule has 2 nitrogen and oxygen atoms in total. The molecule has 1 aromatic carbocycles. The van der Waals surface area contributed by atoms with Crippen molar-refractivity contribution in [1.82, 2.24) is 10.6 Å². The first kappa shape index (κ1) is 8.66. The molecule has 0 radical (unpaired) electrons. The highest BCUT2D eigenvalue weighted by molar-refractivity contribution is 5.22. The maximum absolute atomic E-state index is 14.1. The fourth-order valence-corrected chi connectivity index (χ4v) is 1.58. The second-order valence-corrected chi connectivity index (χ2v) is 3.27. The molecule has 1 atom stereocenters. The largest absolute Gasteiger partial charge is 0.311 e. The quantitative estimate of drug-likeness (QED) is 0.630. The summed E-state index contributed by atoms with van der Waals surface area (Å²) in [6, 6.07) is 9.21. The van der Waals surface area contributed by atoms with Crippen LogP contribution in [0.2, 0.25) is 0 Å². The van der Waals surface area contributed by atoms with E-state index in [4.69, 9.17) is 0 Å². The van der Waals surface area contributed by atoms with Gasteiger partial charge in [0.25, 0.3) is 0 Å². The molecule has 0 aromatic heterocycles. The van der Waals surface area contributed by atoms with Gasteiger partial charge in [0, 0.05) is 25.2 Å². The molecule has 2 rings (SSSR count). The summed E-state index contributed by atoms with van der Waals surface area (Å²) < 4.78 is 14.1. The predicted molar refractivity (Wildman–Crippen MR) is 50.1 cm³/mol. The van der Waals surface area contributed by atoms with Crippen molar-refractivity contribution in [3.05, 3.63) is 35.9 Å². The lowest BCUT2D eigenvalue weighted by Gasteiger charge is -2.31.